The highest BCUT2D eigenvalue weighted by Crippen LogP contribution is 2.42. The van der Waals surface area contributed by atoms with Crippen molar-refractivity contribution in [3.63, 3.8) is 0 Å². The van der Waals surface area contributed by atoms with Gasteiger partial charge in [0.1, 0.15) is 0 Å². The van der Waals surface area contributed by atoms with Crippen LogP contribution in [0.5, 0.6) is 11.5 Å². The molecule has 0 bridgehead atoms. The van der Waals surface area contributed by atoms with E-state index in [4.69, 9.17) is 21.1 Å². The number of carbonyl (C=O) groups is 1. The second-order valence-electron chi connectivity index (χ2n) is 6.68. The smallest absolute Gasteiger partial charge is 0.259 e. The van der Waals surface area contributed by atoms with Crippen molar-refractivity contribution in [2.45, 2.75) is 13.0 Å². The van der Waals surface area contributed by atoms with Crippen molar-refractivity contribution in [1.82, 2.24) is 4.57 Å². The maximum atomic E-state index is 13.4. The summed E-state index contributed by atoms with van der Waals surface area (Å²) in [6.07, 6.45) is 0.576. The van der Waals surface area contributed by atoms with Crippen LogP contribution in [0.1, 0.15) is 27.9 Å². The number of rotatable bonds is 5. The van der Waals surface area contributed by atoms with Crippen molar-refractivity contribution in [1.29, 1.82) is 5.26 Å². The molecule has 0 radical (unpaired) electrons. The lowest BCUT2D eigenvalue weighted by Crippen LogP contribution is -2.23. The normalized spacial score (nSPS) is 11.9. The summed E-state index contributed by atoms with van der Waals surface area (Å²) in [5, 5.41) is 10.1. The zero-order valence-corrected chi connectivity index (χ0v) is 16.7. The Morgan fingerprint density at radius 3 is 2.34 bits per heavy atom. The zero-order valence-electron chi connectivity index (χ0n) is 15.9. The van der Waals surface area contributed by atoms with E-state index in [1.807, 2.05) is 0 Å². The van der Waals surface area contributed by atoms with Gasteiger partial charge < -0.3 is 14.0 Å². The van der Waals surface area contributed by atoms with Crippen molar-refractivity contribution in [3.05, 3.63) is 57.4 Å². The molecule has 0 aliphatic heterocycles. The Bertz CT molecular complexity index is 1270. The number of ketones is 1. The first-order valence-corrected chi connectivity index (χ1v) is 9.56. The van der Waals surface area contributed by atoms with Gasteiger partial charge in [-0.25, -0.2) is 0 Å². The zero-order chi connectivity index (χ0) is 20.7. The average Bonchev–Trinajstić information content (AvgIpc) is 3.04. The number of benzene rings is 2. The van der Waals surface area contributed by atoms with Crippen LogP contribution in [0.4, 0.5) is 0 Å². The molecule has 146 valence electrons. The molecule has 2 aromatic carbocycles. The minimum absolute atomic E-state index is 0.219. The van der Waals surface area contributed by atoms with Crippen LogP contribution in [0.25, 0.3) is 22.0 Å². The van der Waals surface area contributed by atoms with Crippen LogP contribution in [0, 0.1) is 11.3 Å². The van der Waals surface area contributed by atoms with Crippen LogP contribution in [-0.2, 0) is 6.54 Å². The van der Waals surface area contributed by atoms with Gasteiger partial charge in [-0.15, -0.1) is 11.6 Å². The van der Waals surface area contributed by atoms with Gasteiger partial charge in [0.05, 0.1) is 42.5 Å². The van der Waals surface area contributed by atoms with E-state index in [2.05, 4.69) is 6.07 Å². The summed E-state index contributed by atoms with van der Waals surface area (Å²) >= 11 is 5.87. The van der Waals surface area contributed by atoms with Crippen molar-refractivity contribution in [3.8, 4) is 28.8 Å². The van der Waals surface area contributed by atoms with Gasteiger partial charge in [-0.2, -0.15) is 5.26 Å². The van der Waals surface area contributed by atoms with E-state index >= 15 is 0 Å². The number of carbonyl (C=O) groups excluding carboxylic acids is 1. The Morgan fingerprint density at radius 2 is 1.72 bits per heavy atom. The third-order valence-electron chi connectivity index (χ3n) is 5.17. The highest BCUT2D eigenvalue weighted by atomic mass is 35.5. The van der Waals surface area contributed by atoms with Gasteiger partial charge in [-0.05, 0) is 30.7 Å². The van der Waals surface area contributed by atoms with E-state index in [0.29, 0.717) is 69.1 Å². The number of methoxy groups -OCH3 is 2. The number of aromatic nitrogens is 1. The largest absolute Gasteiger partial charge is 0.493 e. The summed E-state index contributed by atoms with van der Waals surface area (Å²) in [6, 6.07) is 10.3. The Morgan fingerprint density at radius 1 is 1.03 bits per heavy atom. The number of fused-ring (bicyclic) bond motifs is 5. The summed E-state index contributed by atoms with van der Waals surface area (Å²) < 4.78 is 12.3. The third-order valence-corrected chi connectivity index (χ3v) is 5.43. The summed E-state index contributed by atoms with van der Waals surface area (Å²) in [5.41, 5.74) is 2.22. The standard InChI is InChI=1S/C22H17ClN2O4/c1-28-17-9-14-16(10-18(17)29-2)22(27)25(7-3-6-23)20-13-5-4-12(11-24)8-15(13)21(26)19(14)20/h4-5,8-10H,3,6-7H2,1-2H3. The number of alkyl halides is 1. The Kier molecular flexibility index (Phi) is 4.77. The molecule has 0 unspecified atom stereocenters. The first kappa shape index (κ1) is 19.0. The number of ether oxygens (including phenoxy) is 2. The lowest BCUT2D eigenvalue weighted by atomic mass is 10.0. The lowest BCUT2D eigenvalue weighted by molar-refractivity contribution is 0.104. The summed E-state index contributed by atoms with van der Waals surface area (Å²) in [6.45, 7) is 0.377. The number of pyridine rings is 1. The van der Waals surface area contributed by atoms with Crippen LogP contribution in [0.3, 0.4) is 0 Å². The van der Waals surface area contributed by atoms with E-state index in [9.17, 15) is 14.9 Å². The van der Waals surface area contributed by atoms with E-state index in [0.717, 1.165) is 0 Å². The van der Waals surface area contributed by atoms with Gasteiger partial charge in [-0.3, -0.25) is 9.59 Å². The first-order chi connectivity index (χ1) is 14.0. The van der Waals surface area contributed by atoms with Crippen molar-refractivity contribution in [2.75, 3.05) is 20.1 Å². The highest BCUT2D eigenvalue weighted by molar-refractivity contribution is 6.27. The summed E-state index contributed by atoms with van der Waals surface area (Å²) in [7, 11) is 2.99. The van der Waals surface area contributed by atoms with E-state index in [1.54, 1.807) is 34.9 Å². The fourth-order valence-corrected chi connectivity index (χ4v) is 3.98. The molecule has 1 aliphatic rings. The predicted molar refractivity (Wildman–Crippen MR) is 110 cm³/mol. The molecule has 0 saturated carbocycles. The monoisotopic (exact) mass is 408 g/mol. The Hall–Kier alpha value is -3.30. The first-order valence-electron chi connectivity index (χ1n) is 9.03. The molecule has 0 saturated heterocycles. The number of halogens is 1. The third kappa shape index (κ3) is 2.78. The predicted octanol–water partition coefficient (Wildman–Crippen LogP) is 3.73. The molecule has 4 rings (SSSR count). The quantitative estimate of drug-likeness (QED) is 0.470. The Balaban J connectivity index is 2.15. The van der Waals surface area contributed by atoms with Crippen LogP contribution >= 0.6 is 11.6 Å². The maximum Gasteiger partial charge on any atom is 0.259 e. The molecule has 1 aromatic heterocycles. The SMILES string of the molecule is COc1cc2c3c(n(CCCCl)c(=O)c2cc1OC)-c1ccc(C#N)cc1C3=O. The topological polar surface area (TPSA) is 81.3 Å². The molecule has 6 nitrogen and oxygen atoms in total. The van der Waals surface area contributed by atoms with Gasteiger partial charge in [0.2, 0.25) is 0 Å². The van der Waals surface area contributed by atoms with Crippen molar-refractivity contribution in [2.24, 2.45) is 0 Å². The van der Waals surface area contributed by atoms with Gasteiger partial charge in [0.25, 0.3) is 5.56 Å². The molecule has 29 heavy (non-hydrogen) atoms. The fourth-order valence-electron chi connectivity index (χ4n) is 3.86. The molecule has 1 heterocycles. The maximum absolute atomic E-state index is 13.4. The molecule has 0 N–H and O–H groups in total. The van der Waals surface area contributed by atoms with Crippen LogP contribution < -0.4 is 15.0 Å². The second-order valence-corrected chi connectivity index (χ2v) is 7.05. The van der Waals surface area contributed by atoms with Crippen molar-refractivity contribution < 1.29 is 14.3 Å². The number of hydrogen-bond acceptors (Lipinski definition) is 5. The Labute approximate surface area is 171 Å². The van der Waals surface area contributed by atoms with Gasteiger partial charge >= 0.3 is 0 Å². The molecule has 1 aliphatic carbocycles. The van der Waals surface area contributed by atoms with E-state index in [-0.39, 0.29) is 11.3 Å². The molecule has 0 fully saturated rings. The average molecular weight is 409 g/mol. The van der Waals surface area contributed by atoms with Gasteiger partial charge in [0, 0.05) is 28.9 Å². The van der Waals surface area contributed by atoms with Gasteiger partial charge in [-0.1, -0.05) is 6.07 Å². The van der Waals surface area contributed by atoms with Crippen LogP contribution in [0.2, 0.25) is 0 Å². The van der Waals surface area contributed by atoms with E-state index in [1.165, 1.54) is 14.2 Å². The van der Waals surface area contributed by atoms with E-state index < -0.39 is 0 Å². The molecule has 0 amide bonds. The molecule has 0 atom stereocenters. The van der Waals surface area contributed by atoms with Crippen LogP contribution in [0.15, 0.2) is 35.1 Å². The highest BCUT2D eigenvalue weighted by Gasteiger charge is 2.33. The molecule has 7 heteroatoms. The number of hydrogen-bond donors (Lipinski definition) is 0. The molecule has 3 aromatic rings. The summed E-state index contributed by atoms with van der Waals surface area (Å²) in [4.78, 5) is 26.7. The number of nitrogens with zero attached hydrogens (tertiary/aromatic N) is 2. The minimum atomic E-state index is -0.227. The van der Waals surface area contributed by atoms with Crippen molar-refractivity contribution >= 4 is 28.2 Å². The minimum Gasteiger partial charge on any atom is -0.493 e. The molecular weight excluding hydrogens is 392 g/mol. The fraction of sp³-hybridized carbons (Fsp3) is 0.227. The van der Waals surface area contributed by atoms with Gasteiger partial charge in [0.15, 0.2) is 17.3 Å². The van der Waals surface area contributed by atoms with Crippen LogP contribution in [-0.4, -0.2) is 30.4 Å². The molecular formula is C22H17ClN2O4. The number of nitriles is 1. The molecule has 0 spiro atoms. The lowest BCUT2D eigenvalue weighted by Gasteiger charge is -2.16. The second kappa shape index (κ2) is 7.26. The summed E-state index contributed by atoms with van der Waals surface area (Å²) in [5.74, 6) is 1.01.